The number of hydrogen-bond donors (Lipinski definition) is 0. The van der Waals surface area contributed by atoms with Crippen molar-refractivity contribution in [2.45, 2.75) is 58.7 Å². The van der Waals surface area contributed by atoms with E-state index in [2.05, 4.69) is 19.9 Å². The van der Waals surface area contributed by atoms with Crippen LogP contribution in [0.5, 0.6) is 0 Å². The summed E-state index contributed by atoms with van der Waals surface area (Å²) in [6.07, 6.45) is 9.12. The van der Waals surface area contributed by atoms with Gasteiger partial charge in [-0.15, -0.1) is 0 Å². The SMILES string of the molecule is CO[C@H]1C=C(CC[C@@]2(C)[C@H](C)CC[C@@]34COC(=O)C3=CCC[C@@H]42)C(=O)O1. The summed E-state index contributed by atoms with van der Waals surface area (Å²) in [5, 5.41) is 0. The molecule has 2 aliphatic carbocycles. The Bertz CT molecular complexity index is 693. The third-order valence-corrected chi connectivity index (χ3v) is 7.62. The Labute approximate surface area is 154 Å². The lowest BCUT2D eigenvalue weighted by atomic mass is 9.47. The van der Waals surface area contributed by atoms with Crippen LogP contribution in [0.25, 0.3) is 0 Å². The smallest absolute Gasteiger partial charge is 0.336 e. The lowest BCUT2D eigenvalue weighted by Gasteiger charge is -2.56. The normalized spacial score (nSPS) is 41.7. The van der Waals surface area contributed by atoms with Crippen LogP contribution < -0.4 is 0 Å². The largest absolute Gasteiger partial charge is 0.461 e. The monoisotopic (exact) mass is 360 g/mol. The van der Waals surface area contributed by atoms with E-state index in [1.165, 1.54) is 0 Å². The minimum Gasteiger partial charge on any atom is -0.461 e. The van der Waals surface area contributed by atoms with Gasteiger partial charge < -0.3 is 14.2 Å². The van der Waals surface area contributed by atoms with Crippen LogP contribution in [0, 0.1) is 22.7 Å². The summed E-state index contributed by atoms with van der Waals surface area (Å²) in [5.41, 5.74) is 1.59. The van der Waals surface area contributed by atoms with Gasteiger partial charge in [0.25, 0.3) is 0 Å². The van der Waals surface area contributed by atoms with Crippen molar-refractivity contribution in [3.8, 4) is 0 Å². The molecule has 0 amide bonds. The van der Waals surface area contributed by atoms with Crippen molar-refractivity contribution < 1.29 is 23.8 Å². The molecule has 26 heavy (non-hydrogen) atoms. The highest BCUT2D eigenvalue weighted by Gasteiger charge is 2.60. The summed E-state index contributed by atoms with van der Waals surface area (Å²) < 4.78 is 15.8. The molecule has 0 aromatic heterocycles. The topological polar surface area (TPSA) is 61.8 Å². The van der Waals surface area contributed by atoms with E-state index in [9.17, 15) is 9.59 Å². The molecule has 5 heteroatoms. The lowest BCUT2D eigenvalue weighted by Crippen LogP contribution is -2.51. The maximum absolute atomic E-state index is 12.3. The molecule has 2 fully saturated rings. The highest BCUT2D eigenvalue weighted by Crippen LogP contribution is 2.64. The first kappa shape index (κ1) is 17.8. The van der Waals surface area contributed by atoms with E-state index in [0.29, 0.717) is 24.9 Å². The van der Waals surface area contributed by atoms with E-state index >= 15 is 0 Å². The second-order valence-corrected chi connectivity index (χ2v) is 8.63. The molecule has 5 nitrogen and oxygen atoms in total. The Hall–Kier alpha value is -1.62. The van der Waals surface area contributed by atoms with Crippen molar-refractivity contribution in [2.75, 3.05) is 13.7 Å². The van der Waals surface area contributed by atoms with Crippen LogP contribution >= 0.6 is 0 Å². The number of carbonyl (C=O) groups excluding carboxylic acids is 2. The van der Waals surface area contributed by atoms with Crippen LogP contribution in [0.1, 0.15) is 52.4 Å². The average Bonchev–Trinajstić information content (AvgIpc) is 3.17. The molecule has 0 bridgehead atoms. The summed E-state index contributed by atoms with van der Waals surface area (Å²) >= 11 is 0. The average molecular weight is 360 g/mol. The maximum atomic E-state index is 12.3. The number of esters is 2. The van der Waals surface area contributed by atoms with Crippen molar-refractivity contribution in [1.29, 1.82) is 0 Å². The molecule has 5 atom stereocenters. The van der Waals surface area contributed by atoms with Crippen LogP contribution in [-0.4, -0.2) is 31.9 Å². The number of methoxy groups -OCH3 is 1. The summed E-state index contributed by atoms with van der Waals surface area (Å²) in [7, 11) is 1.54. The summed E-state index contributed by atoms with van der Waals surface area (Å²) in [5.74, 6) is 0.588. The molecule has 0 unspecified atom stereocenters. The molecular weight excluding hydrogens is 332 g/mol. The molecule has 0 aromatic carbocycles. The summed E-state index contributed by atoms with van der Waals surface area (Å²) in [6, 6.07) is 0. The predicted molar refractivity (Wildman–Crippen MR) is 94.9 cm³/mol. The number of allylic oxidation sites excluding steroid dienone is 1. The second-order valence-electron chi connectivity index (χ2n) is 8.63. The molecule has 2 heterocycles. The third-order valence-electron chi connectivity index (χ3n) is 7.62. The van der Waals surface area contributed by atoms with Gasteiger partial charge in [-0.25, -0.2) is 9.59 Å². The predicted octanol–water partition coefficient (Wildman–Crippen LogP) is 3.54. The first-order chi connectivity index (χ1) is 12.4. The number of carbonyl (C=O) groups is 2. The first-order valence-electron chi connectivity index (χ1n) is 9.73. The van der Waals surface area contributed by atoms with Crippen LogP contribution in [0.15, 0.2) is 23.3 Å². The van der Waals surface area contributed by atoms with Gasteiger partial charge >= 0.3 is 11.9 Å². The van der Waals surface area contributed by atoms with Crippen molar-refractivity contribution >= 4 is 11.9 Å². The molecule has 0 N–H and O–H groups in total. The second kappa shape index (κ2) is 6.22. The van der Waals surface area contributed by atoms with E-state index in [-0.39, 0.29) is 22.8 Å². The van der Waals surface area contributed by atoms with Gasteiger partial charge in [-0.2, -0.15) is 0 Å². The fourth-order valence-corrected chi connectivity index (χ4v) is 5.86. The Morgan fingerprint density at radius 2 is 2.08 bits per heavy atom. The highest BCUT2D eigenvalue weighted by molar-refractivity contribution is 5.92. The van der Waals surface area contributed by atoms with Crippen LogP contribution in [0.2, 0.25) is 0 Å². The highest BCUT2D eigenvalue weighted by atomic mass is 16.7. The van der Waals surface area contributed by atoms with Gasteiger partial charge in [0.15, 0.2) is 0 Å². The Balaban J connectivity index is 1.59. The van der Waals surface area contributed by atoms with Crippen molar-refractivity contribution in [3.05, 3.63) is 23.3 Å². The molecule has 0 aromatic rings. The van der Waals surface area contributed by atoms with Gasteiger partial charge in [0, 0.05) is 23.7 Å². The van der Waals surface area contributed by atoms with Gasteiger partial charge in [-0.1, -0.05) is 19.9 Å². The fraction of sp³-hybridized carbons (Fsp3) is 0.714. The van der Waals surface area contributed by atoms with Gasteiger partial charge in [0.2, 0.25) is 6.29 Å². The van der Waals surface area contributed by atoms with Gasteiger partial charge in [-0.05, 0) is 61.9 Å². The van der Waals surface area contributed by atoms with E-state index < -0.39 is 6.29 Å². The van der Waals surface area contributed by atoms with Crippen molar-refractivity contribution in [3.63, 3.8) is 0 Å². The van der Waals surface area contributed by atoms with E-state index in [1.54, 1.807) is 13.2 Å². The summed E-state index contributed by atoms with van der Waals surface area (Å²) in [6.45, 7) is 5.20. The van der Waals surface area contributed by atoms with Crippen LogP contribution in [-0.2, 0) is 23.8 Å². The minimum atomic E-state index is -0.550. The first-order valence-corrected chi connectivity index (χ1v) is 9.73. The zero-order valence-electron chi connectivity index (χ0n) is 15.9. The Morgan fingerprint density at radius 3 is 2.81 bits per heavy atom. The molecule has 142 valence electrons. The van der Waals surface area contributed by atoms with Crippen molar-refractivity contribution in [1.82, 2.24) is 0 Å². The number of cyclic esters (lactones) is 2. The number of rotatable bonds is 4. The molecule has 2 aliphatic heterocycles. The number of hydrogen-bond acceptors (Lipinski definition) is 5. The van der Waals surface area contributed by atoms with Gasteiger partial charge in [0.1, 0.15) is 6.61 Å². The van der Waals surface area contributed by atoms with Crippen molar-refractivity contribution in [2.24, 2.45) is 22.7 Å². The molecule has 4 rings (SSSR count). The zero-order valence-corrected chi connectivity index (χ0v) is 15.9. The minimum absolute atomic E-state index is 0.0675. The number of ether oxygens (including phenoxy) is 3. The quantitative estimate of drug-likeness (QED) is 0.718. The standard InChI is InChI=1S/C21H28O5/c1-13-7-10-21-12-25-19(23)15(21)5-4-6-16(21)20(13,2)9-8-14-11-17(24-3)26-18(14)22/h5,11,13,16-17H,4,6-10,12H2,1-3H3/t13-,16-,17-,20+,21-/m1/s1. The fourth-order valence-electron chi connectivity index (χ4n) is 5.86. The Morgan fingerprint density at radius 1 is 1.27 bits per heavy atom. The van der Waals surface area contributed by atoms with Crippen LogP contribution in [0.3, 0.4) is 0 Å². The van der Waals surface area contributed by atoms with Crippen LogP contribution in [0.4, 0.5) is 0 Å². The zero-order chi connectivity index (χ0) is 18.5. The molecule has 1 saturated heterocycles. The molecule has 1 spiro atoms. The summed E-state index contributed by atoms with van der Waals surface area (Å²) in [4.78, 5) is 24.3. The van der Waals surface area contributed by atoms with Gasteiger partial charge in [0.05, 0.1) is 0 Å². The van der Waals surface area contributed by atoms with E-state index in [1.807, 2.05) is 0 Å². The lowest BCUT2D eigenvalue weighted by molar-refractivity contribution is -0.155. The molecular formula is C21H28O5. The Kier molecular flexibility index (Phi) is 4.25. The molecule has 4 aliphatic rings. The third kappa shape index (κ3) is 2.47. The molecule has 1 saturated carbocycles. The van der Waals surface area contributed by atoms with E-state index in [0.717, 1.165) is 43.3 Å². The van der Waals surface area contributed by atoms with Gasteiger partial charge in [-0.3, -0.25) is 0 Å². The molecule has 0 radical (unpaired) electrons. The van der Waals surface area contributed by atoms with E-state index in [4.69, 9.17) is 14.2 Å². The maximum Gasteiger partial charge on any atom is 0.336 e.